The highest BCUT2D eigenvalue weighted by atomic mass is 16.7. The van der Waals surface area contributed by atoms with E-state index in [-0.39, 0.29) is 48.4 Å². The SMILES string of the molecule is CC(C)(C)OC(=O)NC1COC(C2CCC(n3cc(-c4ccc(NC(=O)CCc5ccccc5)cc4)c4c(N)ncnc43)CC2)OC1.Nc1ncnc2c1c(-c1ccc(NC(=O)CCc3ccccc3)cc1)cn2C1CCC(C2OCC(N)CO2)CC1. The molecule has 9 N–H and O–H groups in total. The maximum absolute atomic E-state index is 12.6. The van der Waals surface area contributed by atoms with Crippen LogP contribution in [0.2, 0.25) is 0 Å². The minimum atomic E-state index is -0.558. The Labute approximate surface area is 507 Å². The first-order chi connectivity index (χ1) is 42.2. The van der Waals surface area contributed by atoms with Crippen molar-refractivity contribution in [3.05, 3.63) is 145 Å². The maximum Gasteiger partial charge on any atom is 0.408 e. The van der Waals surface area contributed by atoms with Crippen molar-refractivity contribution in [3.63, 3.8) is 0 Å². The summed E-state index contributed by atoms with van der Waals surface area (Å²) in [6.07, 6.45) is 16.5. The number of aromatic nitrogens is 6. The van der Waals surface area contributed by atoms with Crippen LogP contribution in [0.5, 0.6) is 0 Å². The monoisotopic (exact) mass is 1180 g/mol. The maximum atomic E-state index is 12.6. The van der Waals surface area contributed by atoms with Crippen LogP contribution in [0, 0.1) is 11.8 Å². The van der Waals surface area contributed by atoms with Crippen LogP contribution in [-0.2, 0) is 46.1 Å². The van der Waals surface area contributed by atoms with E-state index in [1.54, 1.807) is 0 Å². The number of anilines is 4. The predicted molar refractivity (Wildman–Crippen MR) is 336 cm³/mol. The predicted octanol–water partition coefficient (Wildman–Crippen LogP) is 10.9. The van der Waals surface area contributed by atoms with E-state index in [9.17, 15) is 14.4 Å². The number of fused-ring (bicyclic) bond motifs is 2. The molecule has 4 aromatic heterocycles. The quantitative estimate of drug-likeness (QED) is 0.0557. The third kappa shape index (κ3) is 15.3. The molecule has 0 atom stereocenters. The van der Waals surface area contributed by atoms with Gasteiger partial charge in [-0.2, -0.15) is 0 Å². The lowest BCUT2D eigenvalue weighted by molar-refractivity contribution is -0.219. The number of hydrogen-bond acceptors (Lipinski definition) is 15. The Bertz CT molecular complexity index is 3580. The number of ether oxygens (including phenoxy) is 5. The highest BCUT2D eigenvalue weighted by molar-refractivity contribution is 6.02. The molecular formula is C67H80N12O8. The molecule has 2 saturated heterocycles. The first-order valence-electron chi connectivity index (χ1n) is 30.5. The fraction of sp³-hybridized carbons (Fsp3) is 0.418. The van der Waals surface area contributed by atoms with Gasteiger partial charge < -0.3 is 66.0 Å². The molecule has 0 spiro atoms. The summed E-state index contributed by atoms with van der Waals surface area (Å²) in [6, 6.07) is 36.0. The summed E-state index contributed by atoms with van der Waals surface area (Å²) in [4.78, 5) is 55.1. The number of carbonyl (C=O) groups excluding carboxylic acids is 3. The Morgan fingerprint density at radius 2 is 0.954 bits per heavy atom. The number of nitrogens with one attached hydrogen (secondary N) is 3. The molecule has 0 radical (unpaired) electrons. The van der Waals surface area contributed by atoms with Gasteiger partial charge in [-0.05, 0) is 131 Å². The van der Waals surface area contributed by atoms with Gasteiger partial charge in [0.2, 0.25) is 11.8 Å². The zero-order valence-electron chi connectivity index (χ0n) is 49.8. The molecule has 4 fully saturated rings. The second-order valence-corrected chi connectivity index (χ2v) is 24.3. The molecule has 0 unspecified atom stereocenters. The third-order valence-electron chi connectivity index (χ3n) is 16.8. The topological polar surface area (TPSA) is 273 Å². The van der Waals surface area contributed by atoms with Crippen LogP contribution in [0.3, 0.4) is 0 Å². The van der Waals surface area contributed by atoms with Gasteiger partial charge in [0.05, 0.1) is 49.3 Å². The molecule has 20 heteroatoms. The van der Waals surface area contributed by atoms with Crippen molar-refractivity contribution < 1.29 is 38.1 Å². The average molecular weight is 1180 g/mol. The Morgan fingerprint density at radius 3 is 1.36 bits per heavy atom. The molecule has 20 nitrogen and oxygen atoms in total. The van der Waals surface area contributed by atoms with Gasteiger partial charge in [-0.15, -0.1) is 0 Å². The number of benzene rings is 4. The van der Waals surface area contributed by atoms with E-state index in [1.165, 1.54) is 12.7 Å². The normalized spacial score (nSPS) is 22.4. The van der Waals surface area contributed by atoms with E-state index < -0.39 is 11.7 Å². The minimum absolute atomic E-state index is 0.00618. The van der Waals surface area contributed by atoms with Crippen molar-refractivity contribution in [1.29, 1.82) is 0 Å². The summed E-state index contributed by atoms with van der Waals surface area (Å²) >= 11 is 0. The molecule has 2 saturated carbocycles. The number of hydrogen-bond donors (Lipinski definition) is 6. The van der Waals surface area contributed by atoms with Crippen molar-refractivity contribution in [2.24, 2.45) is 17.6 Å². The van der Waals surface area contributed by atoms with Crippen LogP contribution in [0.15, 0.2) is 134 Å². The Balaban J connectivity index is 0.000000182. The second-order valence-electron chi connectivity index (χ2n) is 24.3. The summed E-state index contributed by atoms with van der Waals surface area (Å²) in [6.45, 7) is 7.40. The standard InChI is InChI=1S/C36H44N6O5.C31H36N6O3/c1-36(2,3)47-35(44)41-27-20-45-34(46-21-27)25-12-16-28(17-13-25)42-19-29(31-32(37)38-22-39-33(31)42)24-10-14-26(15-11-24)40-30(43)18-9-23-7-5-4-6-8-23;32-23-17-39-31(40-18-23)22-9-13-25(14-10-22)37-16-26(28-29(33)34-19-35-30(28)37)21-7-11-24(12-8-21)36-27(38)15-6-20-4-2-1-3-5-20/h4-8,10-11,14-15,19,22,25,27-28,34H,9,12-13,16-18,20-21H2,1-3H3,(H,40,43)(H,41,44)(H2,37,38,39);1-5,7-8,11-12,16,19,22-23,25,31H,6,9-10,13-15,17-18,32H2,(H,36,38)(H2,33,34,35). The minimum Gasteiger partial charge on any atom is -0.444 e. The lowest BCUT2D eigenvalue weighted by atomic mass is 9.85. The molecule has 4 aromatic carbocycles. The summed E-state index contributed by atoms with van der Waals surface area (Å²) in [5.41, 5.74) is 27.5. The van der Waals surface area contributed by atoms with Crippen molar-refractivity contribution in [2.75, 3.05) is 48.5 Å². The Hall–Kier alpha value is -8.27. The third-order valence-corrected chi connectivity index (χ3v) is 16.8. The second kappa shape index (κ2) is 27.6. The zero-order valence-corrected chi connectivity index (χ0v) is 49.8. The molecule has 4 aliphatic rings. The molecule has 12 rings (SSSR count). The molecule has 2 aliphatic heterocycles. The lowest BCUT2D eigenvalue weighted by Crippen LogP contribution is -2.50. The van der Waals surface area contributed by atoms with Gasteiger partial charge in [0.25, 0.3) is 0 Å². The van der Waals surface area contributed by atoms with Gasteiger partial charge in [-0.1, -0.05) is 84.9 Å². The average Bonchev–Trinajstić information content (AvgIpc) is 1.96. The van der Waals surface area contributed by atoms with Crippen LogP contribution < -0.4 is 33.2 Å². The fourth-order valence-corrected chi connectivity index (χ4v) is 12.4. The van der Waals surface area contributed by atoms with E-state index in [4.69, 9.17) is 40.9 Å². The molecule has 8 aromatic rings. The Kier molecular flexibility index (Phi) is 19.2. The number of aryl methyl sites for hydroxylation is 2. The summed E-state index contributed by atoms with van der Waals surface area (Å²) < 4.78 is 33.7. The summed E-state index contributed by atoms with van der Waals surface area (Å²) in [7, 11) is 0. The highest BCUT2D eigenvalue weighted by Gasteiger charge is 2.36. The summed E-state index contributed by atoms with van der Waals surface area (Å²) in [5, 5.41) is 10.5. The van der Waals surface area contributed by atoms with E-state index in [0.717, 1.165) is 118 Å². The van der Waals surface area contributed by atoms with Crippen LogP contribution >= 0.6 is 0 Å². The van der Waals surface area contributed by atoms with Crippen LogP contribution in [0.25, 0.3) is 44.3 Å². The largest absolute Gasteiger partial charge is 0.444 e. The first kappa shape index (κ1) is 60.4. The van der Waals surface area contributed by atoms with Gasteiger partial charge in [-0.3, -0.25) is 9.59 Å². The number of amides is 3. The first-order valence-corrected chi connectivity index (χ1v) is 30.5. The number of rotatable bonds is 15. The van der Waals surface area contributed by atoms with E-state index in [0.29, 0.717) is 75.7 Å². The summed E-state index contributed by atoms with van der Waals surface area (Å²) in [5.74, 6) is 1.52. The molecule has 87 heavy (non-hydrogen) atoms. The van der Waals surface area contributed by atoms with E-state index in [1.807, 2.05) is 130 Å². The number of nitrogens with zero attached hydrogens (tertiary/aromatic N) is 6. The number of nitrogens with two attached hydrogens (primary N) is 3. The smallest absolute Gasteiger partial charge is 0.408 e. The van der Waals surface area contributed by atoms with Gasteiger partial charge in [0, 0.05) is 71.7 Å². The molecule has 456 valence electrons. The molecule has 0 bridgehead atoms. The van der Waals surface area contributed by atoms with E-state index >= 15 is 0 Å². The van der Waals surface area contributed by atoms with Gasteiger partial charge in [0.1, 0.15) is 41.2 Å². The van der Waals surface area contributed by atoms with Crippen molar-refractivity contribution in [2.45, 2.75) is 140 Å². The van der Waals surface area contributed by atoms with Crippen LogP contribution in [-0.4, -0.2) is 104 Å². The number of nitrogen functional groups attached to an aromatic ring is 2. The van der Waals surface area contributed by atoms with Crippen LogP contribution in [0.1, 0.15) is 108 Å². The van der Waals surface area contributed by atoms with Crippen molar-refractivity contribution >= 4 is 63.0 Å². The van der Waals surface area contributed by atoms with Gasteiger partial charge in [-0.25, -0.2) is 24.7 Å². The number of alkyl carbamates (subject to hydrolysis) is 1. The number of carbonyl (C=O) groups is 3. The molecular weight excluding hydrogens is 1100 g/mol. The molecule has 2 aliphatic carbocycles. The van der Waals surface area contributed by atoms with Gasteiger partial charge >= 0.3 is 6.09 Å². The zero-order chi connectivity index (χ0) is 60.4. The van der Waals surface area contributed by atoms with Crippen molar-refractivity contribution in [3.8, 4) is 22.3 Å². The van der Waals surface area contributed by atoms with Crippen molar-refractivity contribution in [1.82, 2.24) is 34.4 Å². The molecule has 3 amide bonds. The highest BCUT2D eigenvalue weighted by Crippen LogP contribution is 2.43. The fourth-order valence-electron chi connectivity index (χ4n) is 12.4. The van der Waals surface area contributed by atoms with Crippen LogP contribution in [0.4, 0.5) is 27.8 Å². The van der Waals surface area contributed by atoms with E-state index in [2.05, 4.69) is 57.4 Å². The lowest BCUT2D eigenvalue weighted by Gasteiger charge is -2.38. The van der Waals surface area contributed by atoms with Gasteiger partial charge in [0.15, 0.2) is 12.6 Å². The Morgan fingerprint density at radius 1 is 0.552 bits per heavy atom. The molecule has 6 heterocycles.